The average Bonchev–Trinajstić information content (AvgIpc) is 3.51. The van der Waals surface area contributed by atoms with Crippen molar-refractivity contribution in [1.82, 2.24) is 14.9 Å². The van der Waals surface area contributed by atoms with Crippen molar-refractivity contribution in [3.05, 3.63) is 76.3 Å². The lowest BCUT2D eigenvalue weighted by Gasteiger charge is -2.14. The summed E-state index contributed by atoms with van der Waals surface area (Å²) in [6.45, 7) is 1.21. The molecule has 192 valence electrons. The van der Waals surface area contributed by atoms with Crippen molar-refractivity contribution in [2.75, 3.05) is 7.11 Å². The Morgan fingerprint density at radius 3 is 2.27 bits per heavy atom. The van der Waals surface area contributed by atoms with Gasteiger partial charge in [-0.2, -0.15) is 13.2 Å². The molecule has 0 saturated heterocycles. The molecule has 0 fully saturated rings. The van der Waals surface area contributed by atoms with Crippen LogP contribution in [0, 0.1) is 11.6 Å². The summed E-state index contributed by atoms with van der Waals surface area (Å²) in [4.78, 5) is 22.6. The third-order valence-corrected chi connectivity index (χ3v) is 6.13. The number of amides is 1. The third-order valence-electron chi connectivity index (χ3n) is 6.13. The minimum absolute atomic E-state index is 0.0146. The van der Waals surface area contributed by atoms with Gasteiger partial charge in [-0.15, -0.1) is 0 Å². The number of nitrogens with zero attached hydrogens (tertiary/aromatic N) is 3. The topological polar surface area (TPSA) is 94.5 Å². The molecule has 1 atom stereocenters. The van der Waals surface area contributed by atoms with E-state index in [4.69, 9.17) is 14.9 Å². The van der Waals surface area contributed by atoms with Crippen LogP contribution in [-0.2, 0) is 19.3 Å². The lowest BCUT2D eigenvalue weighted by molar-refractivity contribution is -0.140. The molecule has 5 rings (SSSR count). The number of methoxy groups -OCH3 is 1. The first-order valence-electron chi connectivity index (χ1n) is 11.1. The Morgan fingerprint density at radius 1 is 1.05 bits per heavy atom. The van der Waals surface area contributed by atoms with E-state index in [9.17, 15) is 26.7 Å². The molecule has 2 N–H and O–H groups in total. The number of carbonyl (C=O) groups excluding carboxylic acids is 1. The van der Waals surface area contributed by atoms with Gasteiger partial charge in [-0.05, 0) is 43.3 Å². The van der Waals surface area contributed by atoms with Crippen molar-refractivity contribution in [1.29, 1.82) is 0 Å². The number of ether oxygens (including phenoxy) is 1. The summed E-state index contributed by atoms with van der Waals surface area (Å²) in [5.74, 6) is -1.89. The Morgan fingerprint density at radius 2 is 1.70 bits per heavy atom. The average molecular weight is 518 g/mol. The van der Waals surface area contributed by atoms with Gasteiger partial charge in [0.05, 0.1) is 13.2 Å². The first-order valence-corrected chi connectivity index (χ1v) is 11.1. The summed E-state index contributed by atoms with van der Waals surface area (Å²) in [5, 5.41) is 0.238. The zero-order valence-electron chi connectivity index (χ0n) is 19.5. The molecule has 3 heterocycles. The molecule has 4 aromatic rings. The second-order valence-electron chi connectivity index (χ2n) is 8.57. The quantitative estimate of drug-likeness (QED) is 0.365. The van der Waals surface area contributed by atoms with Crippen LogP contribution in [0.25, 0.3) is 22.4 Å². The van der Waals surface area contributed by atoms with Crippen molar-refractivity contribution in [3.8, 4) is 17.2 Å². The van der Waals surface area contributed by atoms with E-state index in [-0.39, 0.29) is 63.8 Å². The first-order chi connectivity index (χ1) is 17.5. The molecule has 0 bridgehead atoms. The van der Waals surface area contributed by atoms with E-state index in [1.165, 1.54) is 30.2 Å². The van der Waals surface area contributed by atoms with Crippen LogP contribution < -0.4 is 10.5 Å². The molecule has 12 heteroatoms. The fourth-order valence-electron chi connectivity index (χ4n) is 4.32. The molecule has 1 amide bonds. The molecule has 2 aromatic heterocycles. The fourth-order valence-corrected chi connectivity index (χ4v) is 4.32. The van der Waals surface area contributed by atoms with Gasteiger partial charge in [0.2, 0.25) is 5.89 Å². The molecule has 2 aromatic carbocycles. The number of oxazole rings is 1. The highest BCUT2D eigenvalue weighted by atomic mass is 19.4. The maximum Gasteiger partial charge on any atom is 0.433 e. The van der Waals surface area contributed by atoms with Gasteiger partial charge in [0, 0.05) is 35.2 Å². The summed E-state index contributed by atoms with van der Waals surface area (Å²) >= 11 is 0. The summed E-state index contributed by atoms with van der Waals surface area (Å²) < 4.78 is 79.2. The van der Waals surface area contributed by atoms with E-state index < -0.39 is 35.5 Å². The second-order valence-corrected chi connectivity index (χ2v) is 8.57. The highest BCUT2D eigenvalue weighted by molar-refractivity contribution is 5.98. The second kappa shape index (κ2) is 8.80. The van der Waals surface area contributed by atoms with Crippen LogP contribution >= 0.6 is 0 Å². The van der Waals surface area contributed by atoms with E-state index in [2.05, 4.69) is 9.97 Å². The largest absolute Gasteiger partial charge is 0.494 e. The number of halogens is 5. The van der Waals surface area contributed by atoms with Crippen LogP contribution in [0.5, 0.6) is 5.75 Å². The van der Waals surface area contributed by atoms with Crippen LogP contribution in [0.4, 0.5) is 22.0 Å². The van der Waals surface area contributed by atoms with Crippen molar-refractivity contribution in [2.45, 2.75) is 32.2 Å². The number of carbonyl (C=O) groups is 1. The monoisotopic (exact) mass is 518 g/mol. The van der Waals surface area contributed by atoms with Crippen LogP contribution in [0.2, 0.25) is 0 Å². The summed E-state index contributed by atoms with van der Waals surface area (Å²) in [5.41, 5.74) is 5.07. The van der Waals surface area contributed by atoms with E-state index in [0.717, 1.165) is 18.2 Å². The van der Waals surface area contributed by atoms with E-state index >= 15 is 0 Å². The van der Waals surface area contributed by atoms with Crippen molar-refractivity contribution >= 4 is 16.8 Å². The Hall–Kier alpha value is -4.06. The Balaban J connectivity index is 1.59. The standard InChI is InChI=1S/C25H19F5N4O3/c1-11(31)22-21(24(35)34-9-14-15(10-34)17(27)6-5-16(14)26)33-23(37-22)13-3-7-18(36-2)20-12(13)4-8-19(32-20)25(28,29)30/h3-8,11H,9-10,31H2,1-2H3/t11-/m0/s1. The van der Waals surface area contributed by atoms with Crippen LogP contribution in [0.15, 0.2) is 40.8 Å². The molecule has 0 radical (unpaired) electrons. The molecular formula is C25H19F5N4O3. The number of nitrogens with two attached hydrogens (primary N) is 1. The van der Waals surface area contributed by atoms with Crippen LogP contribution in [-0.4, -0.2) is 27.9 Å². The van der Waals surface area contributed by atoms with Crippen LogP contribution in [0.3, 0.4) is 0 Å². The molecule has 7 nitrogen and oxygen atoms in total. The molecule has 0 saturated carbocycles. The van der Waals surface area contributed by atoms with Crippen molar-refractivity contribution < 1.29 is 35.9 Å². The predicted octanol–water partition coefficient (Wildman–Crippen LogP) is 5.37. The fraction of sp³-hybridized carbons (Fsp3) is 0.240. The molecule has 0 aliphatic carbocycles. The van der Waals surface area contributed by atoms with Crippen LogP contribution in [0.1, 0.15) is 46.0 Å². The number of pyridine rings is 1. The lowest BCUT2D eigenvalue weighted by Crippen LogP contribution is -2.27. The molecular weight excluding hydrogens is 499 g/mol. The minimum Gasteiger partial charge on any atom is -0.494 e. The number of aromatic nitrogens is 2. The number of hydrogen-bond donors (Lipinski definition) is 1. The van der Waals surface area contributed by atoms with Gasteiger partial charge < -0.3 is 19.8 Å². The van der Waals surface area contributed by atoms with Crippen molar-refractivity contribution in [3.63, 3.8) is 0 Å². The number of benzene rings is 2. The third kappa shape index (κ3) is 4.16. The van der Waals surface area contributed by atoms with E-state index in [1.807, 2.05) is 0 Å². The highest BCUT2D eigenvalue weighted by Gasteiger charge is 2.35. The Labute approximate surface area is 206 Å². The molecule has 1 aliphatic rings. The highest BCUT2D eigenvalue weighted by Crippen LogP contribution is 2.38. The number of hydrogen-bond acceptors (Lipinski definition) is 6. The molecule has 0 spiro atoms. The molecule has 0 unspecified atom stereocenters. The number of rotatable bonds is 4. The van der Waals surface area contributed by atoms with Gasteiger partial charge >= 0.3 is 6.18 Å². The van der Waals surface area contributed by atoms with Gasteiger partial charge in [0.25, 0.3) is 5.91 Å². The van der Waals surface area contributed by atoms with Gasteiger partial charge in [0.15, 0.2) is 11.5 Å². The molecule has 37 heavy (non-hydrogen) atoms. The summed E-state index contributed by atoms with van der Waals surface area (Å²) in [6, 6.07) is 6.15. The smallest absolute Gasteiger partial charge is 0.433 e. The Kier molecular flexibility index (Phi) is 5.86. The van der Waals surface area contributed by atoms with Gasteiger partial charge in [0.1, 0.15) is 28.6 Å². The summed E-state index contributed by atoms with van der Waals surface area (Å²) in [7, 11) is 1.30. The SMILES string of the molecule is COc1ccc(-c2nc(C(=O)N3Cc4c(F)ccc(F)c4C3)c([C@H](C)N)o2)c2ccc(C(F)(F)F)nc12. The van der Waals surface area contributed by atoms with Gasteiger partial charge in [-0.25, -0.2) is 18.7 Å². The maximum absolute atomic E-state index is 14.2. The minimum atomic E-state index is -4.67. The van der Waals surface area contributed by atoms with Gasteiger partial charge in [-0.1, -0.05) is 0 Å². The predicted molar refractivity (Wildman–Crippen MR) is 121 cm³/mol. The van der Waals surface area contributed by atoms with E-state index in [1.54, 1.807) is 6.92 Å². The zero-order valence-corrected chi connectivity index (χ0v) is 19.5. The Bertz CT molecular complexity index is 1520. The molecule has 1 aliphatic heterocycles. The number of fused-ring (bicyclic) bond motifs is 2. The van der Waals surface area contributed by atoms with Gasteiger partial charge in [-0.3, -0.25) is 4.79 Å². The van der Waals surface area contributed by atoms with E-state index in [0.29, 0.717) is 0 Å². The maximum atomic E-state index is 14.2. The zero-order chi connectivity index (χ0) is 26.6. The lowest BCUT2D eigenvalue weighted by atomic mass is 10.1. The normalized spacial score (nSPS) is 14.2. The number of alkyl halides is 3. The summed E-state index contributed by atoms with van der Waals surface area (Å²) in [6.07, 6.45) is -4.67. The van der Waals surface area contributed by atoms with Crippen molar-refractivity contribution in [2.24, 2.45) is 5.73 Å². The first kappa shape index (κ1) is 24.6.